The molecule has 1 rings (SSSR count). The van der Waals surface area contributed by atoms with Crippen LogP contribution in [0.15, 0.2) is 30.9 Å². The number of nitrogens with one attached hydrogen (secondary N) is 1. The van der Waals surface area contributed by atoms with Gasteiger partial charge in [-0.3, -0.25) is 10.1 Å². The third-order valence-corrected chi connectivity index (χ3v) is 3.11. The van der Waals surface area contributed by atoms with Gasteiger partial charge in [-0.05, 0) is 0 Å². The van der Waals surface area contributed by atoms with Crippen molar-refractivity contribution in [2.24, 2.45) is 0 Å². The summed E-state index contributed by atoms with van der Waals surface area (Å²) in [6, 6.07) is 4.64. The van der Waals surface area contributed by atoms with Crippen molar-refractivity contribution in [3.05, 3.63) is 41.0 Å². The molecule has 0 aliphatic heterocycles. The quantitative estimate of drug-likeness (QED) is 0.340. The van der Waals surface area contributed by atoms with Crippen LogP contribution < -0.4 is 10.1 Å². The standard InChI is InChI=1S/C12H16N2O3S/c1-3-5-18-6-4-13-10-7-11(14(15)16)9-12(8-10)17-2/h3,7-9,13H,1,4-6H2,2H3. The van der Waals surface area contributed by atoms with Crippen LogP contribution in [0.25, 0.3) is 0 Å². The van der Waals surface area contributed by atoms with Crippen molar-refractivity contribution in [3.63, 3.8) is 0 Å². The number of non-ortho nitro benzene ring substituents is 1. The lowest BCUT2D eigenvalue weighted by molar-refractivity contribution is -0.384. The van der Waals surface area contributed by atoms with E-state index in [2.05, 4.69) is 11.9 Å². The van der Waals surface area contributed by atoms with Gasteiger partial charge < -0.3 is 10.1 Å². The molecule has 1 N–H and O–H groups in total. The molecule has 0 spiro atoms. The van der Waals surface area contributed by atoms with Crippen LogP contribution in [-0.4, -0.2) is 30.1 Å². The third kappa shape index (κ3) is 4.67. The second kappa shape index (κ2) is 7.60. The second-order valence-electron chi connectivity index (χ2n) is 3.47. The topological polar surface area (TPSA) is 64.4 Å². The SMILES string of the molecule is C=CCSCCNc1cc(OC)cc([N+](=O)[O-])c1. The van der Waals surface area contributed by atoms with E-state index in [-0.39, 0.29) is 5.69 Å². The van der Waals surface area contributed by atoms with E-state index in [1.165, 1.54) is 19.2 Å². The molecular formula is C12H16N2O3S. The molecule has 0 bridgehead atoms. The van der Waals surface area contributed by atoms with Crippen LogP contribution in [-0.2, 0) is 0 Å². The predicted molar refractivity (Wildman–Crippen MR) is 75.7 cm³/mol. The van der Waals surface area contributed by atoms with Crippen molar-refractivity contribution in [2.45, 2.75) is 0 Å². The monoisotopic (exact) mass is 268 g/mol. The lowest BCUT2D eigenvalue weighted by atomic mass is 10.2. The Hall–Kier alpha value is -1.69. The van der Waals surface area contributed by atoms with E-state index in [1.807, 2.05) is 6.08 Å². The molecule has 1 aromatic carbocycles. The van der Waals surface area contributed by atoms with E-state index in [0.29, 0.717) is 11.4 Å². The van der Waals surface area contributed by atoms with Gasteiger partial charge in [0.1, 0.15) is 5.75 Å². The highest BCUT2D eigenvalue weighted by atomic mass is 32.2. The Bertz CT molecular complexity index is 424. The molecule has 6 heteroatoms. The second-order valence-corrected chi connectivity index (χ2v) is 4.62. The van der Waals surface area contributed by atoms with Crippen molar-refractivity contribution in [3.8, 4) is 5.75 Å². The number of rotatable bonds is 8. The maximum Gasteiger partial charge on any atom is 0.275 e. The Morgan fingerprint density at radius 1 is 1.56 bits per heavy atom. The van der Waals surface area contributed by atoms with Crippen LogP contribution in [0.5, 0.6) is 5.75 Å². The van der Waals surface area contributed by atoms with Crippen LogP contribution >= 0.6 is 11.8 Å². The summed E-state index contributed by atoms with van der Waals surface area (Å²) in [5.74, 6) is 2.29. The molecule has 0 aromatic heterocycles. The summed E-state index contributed by atoms with van der Waals surface area (Å²) in [6.45, 7) is 4.38. The van der Waals surface area contributed by atoms with Crippen molar-refractivity contribution in [1.29, 1.82) is 0 Å². The van der Waals surface area contributed by atoms with E-state index < -0.39 is 4.92 Å². The fraction of sp³-hybridized carbons (Fsp3) is 0.333. The number of ether oxygens (including phenoxy) is 1. The van der Waals surface area contributed by atoms with Gasteiger partial charge in [-0.15, -0.1) is 6.58 Å². The summed E-state index contributed by atoms with van der Waals surface area (Å²) in [4.78, 5) is 10.3. The van der Waals surface area contributed by atoms with Gasteiger partial charge in [-0.2, -0.15) is 11.8 Å². The van der Waals surface area contributed by atoms with Crippen LogP contribution in [0.4, 0.5) is 11.4 Å². The number of nitro groups is 1. The maximum atomic E-state index is 10.7. The minimum Gasteiger partial charge on any atom is -0.496 e. The summed E-state index contributed by atoms with van der Waals surface area (Å²) in [5, 5.41) is 13.9. The fourth-order valence-corrected chi connectivity index (χ4v) is 1.92. The molecule has 5 nitrogen and oxygen atoms in total. The molecule has 0 saturated carbocycles. The van der Waals surface area contributed by atoms with Crippen LogP contribution in [0.3, 0.4) is 0 Å². The molecule has 0 atom stereocenters. The largest absolute Gasteiger partial charge is 0.496 e. The van der Waals surface area contributed by atoms with Crippen molar-refractivity contribution in [2.75, 3.05) is 30.5 Å². The van der Waals surface area contributed by atoms with Gasteiger partial charge in [0, 0.05) is 35.9 Å². The molecule has 0 unspecified atom stereocenters. The lowest BCUT2D eigenvalue weighted by Gasteiger charge is -2.07. The average molecular weight is 268 g/mol. The van der Waals surface area contributed by atoms with Gasteiger partial charge in [0.2, 0.25) is 0 Å². The maximum absolute atomic E-state index is 10.7. The Morgan fingerprint density at radius 3 is 2.94 bits per heavy atom. The summed E-state index contributed by atoms with van der Waals surface area (Å²) < 4.78 is 5.03. The van der Waals surface area contributed by atoms with Crippen molar-refractivity contribution < 1.29 is 9.66 Å². The zero-order valence-electron chi connectivity index (χ0n) is 10.2. The summed E-state index contributed by atoms with van der Waals surface area (Å²) in [6.07, 6.45) is 1.85. The molecule has 0 amide bonds. The molecule has 18 heavy (non-hydrogen) atoms. The van der Waals surface area contributed by atoms with Crippen LogP contribution in [0.2, 0.25) is 0 Å². The van der Waals surface area contributed by atoms with Gasteiger partial charge in [0.05, 0.1) is 18.1 Å². The average Bonchev–Trinajstić information content (AvgIpc) is 2.38. The first-order valence-corrected chi connectivity index (χ1v) is 6.59. The first-order valence-electron chi connectivity index (χ1n) is 5.43. The molecular weight excluding hydrogens is 252 g/mol. The highest BCUT2D eigenvalue weighted by Crippen LogP contribution is 2.25. The van der Waals surface area contributed by atoms with Gasteiger partial charge in [0.25, 0.3) is 5.69 Å². The number of anilines is 1. The van der Waals surface area contributed by atoms with E-state index >= 15 is 0 Å². The van der Waals surface area contributed by atoms with Gasteiger partial charge >= 0.3 is 0 Å². The minimum atomic E-state index is -0.430. The van der Waals surface area contributed by atoms with E-state index in [1.54, 1.807) is 17.8 Å². The van der Waals surface area contributed by atoms with Gasteiger partial charge in [-0.25, -0.2) is 0 Å². The normalized spacial score (nSPS) is 9.83. The lowest BCUT2D eigenvalue weighted by Crippen LogP contribution is -2.05. The van der Waals surface area contributed by atoms with E-state index in [0.717, 1.165) is 18.1 Å². The number of methoxy groups -OCH3 is 1. The van der Waals surface area contributed by atoms with Crippen LogP contribution in [0.1, 0.15) is 0 Å². The summed E-state index contributed by atoms with van der Waals surface area (Å²) >= 11 is 1.75. The van der Waals surface area contributed by atoms with Gasteiger partial charge in [0.15, 0.2) is 0 Å². The smallest absolute Gasteiger partial charge is 0.275 e. The molecule has 98 valence electrons. The number of nitro benzene ring substituents is 1. The summed E-state index contributed by atoms with van der Waals surface area (Å²) in [7, 11) is 1.49. The number of hydrogen-bond acceptors (Lipinski definition) is 5. The van der Waals surface area contributed by atoms with E-state index in [9.17, 15) is 10.1 Å². The Kier molecular flexibility index (Phi) is 6.07. The molecule has 0 aliphatic rings. The third-order valence-electron chi connectivity index (χ3n) is 2.15. The van der Waals surface area contributed by atoms with E-state index in [4.69, 9.17) is 4.74 Å². The molecule has 0 radical (unpaired) electrons. The molecule has 0 fully saturated rings. The highest BCUT2D eigenvalue weighted by molar-refractivity contribution is 7.99. The first kappa shape index (κ1) is 14.4. The Morgan fingerprint density at radius 2 is 2.33 bits per heavy atom. The van der Waals surface area contributed by atoms with Crippen molar-refractivity contribution >= 4 is 23.1 Å². The Labute approximate surface area is 110 Å². The number of hydrogen-bond donors (Lipinski definition) is 1. The first-order chi connectivity index (χ1) is 8.67. The molecule has 0 heterocycles. The molecule has 1 aromatic rings. The predicted octanol–water partition coefficient (Wildman–Crippen LogP) is 2.93. The number of nitrogens with zero attached hydrogens (tertiary/aromatic N) is 1. The van der Waals surface area contributed by atoms with Crippen molar-refractivity contribution in [1.82, 2.24) is 0 Å². The molecule has 0 aliphatic carbocycles. The number of thioether (sulfide) groups is 1. The summed E-state index contributed by atoms with van der Waals surface area (Å²) in [5.41, 5.74) is 0.718. The number of benzene rings is 1. The zero-order valence-corrected chi connectivity index (χ0v) is 11.0. The highest BCUT2D eigenvalue weighted by Gasteiger charge is 2.09. The minimum absolute atomic E-state index is 0.0237. The fourth-order valence-electron chi connectivity index (χ4n) is 1.34. The van der Waals surface area contributed by atoms with Crippen LogP contribution in [0, 0.1) is 10.1 Å². The zero-order chi connectivity index (χ0) is 13.4. The molecule has 0 saturated heterocycles. The Balaban J connectivity index is 2.61. The van der Waals surface area contributed by atoms with Gasteiger partial charge in [-0.1, -0.05) is 6.08 Å².